The van der Waals surface area contributed by atoms with Gasteiger partial charge in [-0.25, -0.2) is 8.78 Å². The van der Waals surface area contributed by atoms with Crippen LogP contribution in [-0.4, -0.2) is 29.4 Å². The SMILES string of the molecule is O=C(CCc1c(-c2ccc(F)cc2)[nH]c2c(F)cccc12)N[C@H]1CCNC1=O. The Morgan fingerprint density at radius 2 is 1.93 bits per heavy atom. The van der Waals surface area contributed by atoms with Gasteiger partial charge >= 0.3 is 0 Å². The molecule has 1 aliphatic heterocycles. The Morgan fingerprint density at radius 3 is 2.64 bits per heavy atom. The van der Waals surface area contributed by atoms with Gasteiger partial charge in [-0.15, -0.1) is 0 Å². The van der Waals surface area contributed by atoms with Gasteiger partial charge in [0, 0.05) is 24.0 Å². The van der Waals surface area contributed by atoms with E-state index < -0.39 is 6.04 Å². The van der Waals surface area contributed by atoms with Crippen molar-refractivity contribution in [3.05, 3.63) is 59.7 Å². The van der Waals surface area contributed by atoms with Crippen LogP contribution in [0.1, 0.15) is 18.4 Å². The number of aromatic amines is 1. The highest BCUT2D eigenvalue weighted by Crippen LogP contribution is 2.32. The lowest BCUT2D eigenvalue weighted by Crippen LogP contribution is -2.40. The summed E-state index contributed by atoms with van der Waals surface area (Å²) in [5, 5.41) is 6.10. The molecule has 3 N–H and O–H groups in total. The molecule has 1 atom stereocenters. The second-order valence-corrected chi connectivity index (χ2v) is 6.85. The fourth-order valence-corrected chi connectivity index (χ4v) is 3.60. The van der Waals surface area contributed by atoms with Gasteiger partial charge in [-0.1, -0.05) is 12.1 Å². The highest BCUT2D eigenvalue weighted by Gasteiger charge is 2.25. The molecule has 1 aliphatic rings. The summed E-state index contributed by atoms with van der Waals surface area (Å²) < 4.78 is 27.6. The van der Waals surface area contributed by atoms with Crippen molar-refractivity contribution in [2.45, 2.75) is 25.3 Å². The first kappa shape index (κ1) is 18.2. The number of fused-ring (bicyclic) bond motifs is 1. The Hall–Kier alpha value is -3.22. The van der Waals surface area contributed by atoms with Gasteiger partial charge in [0.05, 0.1) is 5.52 Å². The Balaban J connectivity index is 1.62. The van der Waals surface area contributed by atoms with E-state index in [1.165, 1.54) is 18.2 Å². The summed E-state index contributed by atoms with van der Waals surface area (Å²) in [5.74, 6) is -1.16. The zero-order chi connectivity index (χ0) is 19.7. The number of hydrogen-bond donors (Lipinski definition) is 3. The molecule has 2 heterocycles. The summed E-state index contributed by atoms with van der Waals surface area (Å²) in [6.07, 6.45) is 1.08. The highest BCUT2D eigenvalue weighted by molar-refractivity contribution is 5.92. The first-order chi connectivity index (χ1) is 13.5. The van der Waals surface area contributed by atoms with E-state index in [9.17, 15) is 18.4 Å². The summed E-state index contributed by atoms with van der Waals surface area (Å²) in [6.45, 7) is 0.556. The van der Waals surface area contributed by atoms with E-state index in [-0.39, 0.29) is 29.9 Å². The molecule has 5 nitrogen and oxygen atoms in total. The molecule has 0 radical (unpaired) electrons. The first-order valence-electron chi connectivity index (χ1n) is 9.15. The van der Waals surface area contributed by atoms with Crippen LogP contribution in [0.2, 0.25) is 0 Å². The van der Waals surface area contributed by atoms with Gasteiger partial charge in [0.2, 0.25) is 11.8 Å². The van der Waals surface area contributed by atoms with Crippen LogP contribution in [0.15, 0.2) is 42.5 Å². The number of para-hydroxylation sites is 1. The first-order valence-corrected chi connectivity index (χ1v) is 9.15. The summed E-state index contributed by atoms with van der Waals surface area (Å²) in [7, 11) is 0. The Bertz CT molecular complexity index is 1040. The van der Waals surface area contributed by atoms with E-state index >= 15 is 0 Å². The maximum absolute atomic E-state index is 14.3. The molecule has 3 aromatic rings. The van der Waals surface area contributed by atoms with Gasteiger partial charge in [-0.3, -0.25) is 9.59 Å². The lowest BCUT2D eigenvalue weighted by atomic mass is 10.0. The molecule has 2 aromatic carbocycles. The van der Waals surface area contributed by atoms with Crippen molar-refractivity contribution < 1.29 is 18.4 Å². The lowest BCUT2D eigenvalue weighted by Gasteiger charge is -2.10. The predicted octanol–water partition coefficient (Wildman–Crippen LogP) is 3.05. The largest absolute Gasteiger partial charge is 0.354 e. The van der Waals surface area contributed by atoms with Gasteiger partial charge in [-0.2, -0.15) is 0 Å². The van der Waals surface area contributed by atoms with Crippen molar-refractivity contribution in [3.8, 4) is 11.3 Å². The van der Waals surface area contributed by atoms with Crippen LogP contribution in [-0.2, 0) is 16.0 Å². The average molecular weight is 383 g/mol. The molecule has 0 saturated carbocycles. The minimum Gasteiger partial charge on any atom is -0.354 e. The highest BCUT2D eigenvalue weighted by atomic mass is 19.1. The maximum Gasteiger partial charge on any atom is 0.242 e. The van der Waals surface area contributed by atoms with Crippen LogP contribution in [0.4, 0.5) is 8.78 Å². The van der Waals surface area contributed by atoms with Crippen LogP contribution in [0.5, 0.6) is 0 Å². The number of benzene rings is 2. The molecule has 28 heavy (non-hydrogen) atoms. The number of amides is 2. The quantitative estimate of drug-likeness (QED) is 0.634. The molecule has 7 heteroatoms. The van der Waals surface area contributed by atoms with Crippen molar-refractivity contribution in [1.82, 2.24) is 15.6 Å². The topological polar surface area (TPSA) is 74.0 Å². The molecular weight excluding hydrogens is 364 g/mol. The molecular formula is C21H19F2N3O2. The van der Waals surface area contributed by atoms with Crippen LogP contribution in [0, 0.1) is 11.6 Å². The predicted molar refractivity (Wildman–Crippen MR) is 102 cm³/mol. The molecule has 1 saturated heterocycles. The minimum atomic E-state index is -0.496. The summed E-state index contributed by atoms with van der Waals surface area (Å²) >= 11 is 0. The zero-order valence-corrected chi connectivity index (χ0v) is 15.0. The van der Waals surface area contributed by atoms with Crippen molar-refractivity contribution in [2.75, 3.05) is 6.54 Å². The number of aromatic nitrogens is 1. The average Bonchev–Trinajstić information content (AvgIpc) is 3.25. The summed E-state index contributed by atoms with van der Waals surface area (Å²) in [4.78, 5) is 27.0. The van der Waals surface area contributed by atoms with Crippen molar-refractivity contribution in [3.63, 3.8) is 0 Å². The Kier molecular flexibility index (Phi) is 4.81. The maximum atomic E-state index is 14.3. The second-order valence-electron chi connectivity index (χ2n) is 6.85. The summed E-state index contributed by atoms with van der Waals surface area (Å²) in [6, 6.07) is 10.2. The number of carbonyl (C=O) groups excluding carboxylic acids is 2. The fraction of sp³-hybridized carbons (Fsp3) is 0.238. The van der Waals surface area contributed by atoms with E-state index in [4.69, 9.17) is 0 Å². The molecule has 0 spiro atoms. The zero-order valence-electron chi connectivity index (χ0n) is 15.0. The standard InChI is InChI=1S/C21H19F2N3O2/c22-13-6-4-12(5-7-13)19-15(14-2-1-3-16(23)20(14)26-19)8-9-18(27)25-17-10-11-24-21(17)28/h1-7,17,26H,8-11H2,(H,24,28)(H,25,27)/t17-/m0/s1. The number of nitrogens with one attached hydrogen (secondary N) is 3. The van der Waals surface area contributed by atoms with E-state index in [0.717, 1.165) is 5.56 Å². The van der Waals surface area contributed by atoms with Crippen LogP contribution < -0.4 is 10.6 Å². The number of H-pyrrole nitrogens is 1. The third-order valence-corrected chi connectivity index (χ3v) is 5.01. The number of rotatable bonds is 5. The normalized spacial score (nSPS) is 16.4. The smallest absolute Gasteiger partial charge is 0.242 e. The lowest BCUT2D eigenvalue weighted by molar-refractivity contribution is -0.127. The second kappa shape index (κ2) is 7.42. The van der Waals surface area contributed by atoms with Crippen LogP contribution >= 0.6 is 0 Å². The van der Waals surface area contributed by atoms with E-state index in [0.29, 0.717) is 41.5 Å². The third kappa shape index (κ3) is 3.47. The number of hydrogen-bond acceptors (Lipinski definition) is 2. The van der Waals surface area contributed by atoms with Gasteiger partial charge in [0.1, 0.15) is 17.7 Å². The van der Waals surface area contributed by atoms with E-state index in [2.05, 4.69) is 15.6 Å². The van der Waals surface area contributed by atoms with Crippen molar-refractivity contribution in [1.29, 1.82) is 0 Å². The van der Waals surface area contributed by atoms with Gasteiger partial charge in [0.25, 0.3) is 0 Å². The molecule has 1 aromatic heterocycles. The molecule has 144 valence electrons. The molecule has 1 fully saturated rings. The molecule has 0 aliphatic carbocycles. The van der Waals surface area contributed by atoms with Crippen LogP contribution in [0.3, 0.4) is 0 Å². The Morgan fingerprint density at radius 1 is 1.14 bits per heavy atom. The number of halogens is 2. The summed E-state index contributed by atoms with van der Waals surface area (Å²) in [5.41, 5.74) is 2.51. The molecule has 0 bridgehead atoms. The number of aryl methyl sites for hydroxylation is 1. The van der Waals surface area contributed by atoms with Crippen molar-refractivity contribution in [2.24, 2.45) is 0 Å². The minimum absolute atomic E-state index is 0.154. The molecule has 2 amide bonds. The van der Waals surface area contributed by atoms with E-state index in [1.807, 2.05) is 0 Å². The molecule has 0 unspecified atom stereocenters. The van der Waals surface area contributed by atoms with Gasteiger partial charge < -0.3 is 15.6 Å². The van der Waals surface area contributed by atoms with Gasteiger partial charge in [0.15, 0.2) is 0 Å². The fourth-order valence-electron chi connectivity index (χ4n) is 3.60. The molecule has 4 rings (SSSR count). The Labute approximate surface area is 160 Å². The van der Waals surface area contributed by atoms with Crippen LogP contribution in [0.25, 0.3) is 22.2 Å². The van der Waals surface area contributed by atoms with Gasteiger partial charge in [-0.05, 0) is 54.3 Å². The number of carbonyl (C=O) groups is 2. The van der Waals surface area contributed by atoms with E-state index in [1.54, 1.807) is 24.3 Å². The monoisotopic (exact) mass is 383 g/mol. The third-order valence-electron chi connectivity index (χ3n) is 5.01. The van der Waals surface area contributed by atoms with Crippen molar-refractivity contribution >= 4 is 22.7 Å².